The number of carboxylic acid groups (broad SMARTS) is 1. The Morgan fingerprint density at radius 2 is 1.63 bits per heavy atom. The second kappa shape index (κ2) is 10.4. The third kappa shape index (κ3) is 4.96. The first kappa shape index (κ1) is 25.3. The van der Waals surface area contributed by atoms with Gasteiger partial charge in [-0.15, -0.1) is 11.8 Å². The highest BCUT2D eigenvalue weighted by atomic mass is 32.2. The summed E-state index contributed by atoms with van der Waals surface area (Å²) in [5.74, 6) is -1.34. The van der Waals surface area contributed by atoms with Gasteiger partial charge in [-0.05, 0) is 55.3 Å². The molecule has 184 valence electrons. The number of benzene rings is 3. The fraction of sp³-hybridized carbons (Fsp3) is 0.296. The van der Waals surface area contributed by atoms with Crippen molar-refractivity contribution in [3.05, 3.63) is 90.0 Å². The number of methoxy groups -OCH3 is 1. The standard InChI is InChI=1S/C27H29NO5S2/c1-4-23-26(34-21-16-10-18(2)11-17-21)24(27(29)30)25(19-12-14-20(33-3)15-13-19)28(23)35(31,32)22-8-6-5-7-9-22/h5-17,23-26H,4H2,1-3H3,(H,29,30)/t23-,24+,25+,26-/m1/s1. The van der Waals surface area contributed by atoms with E-state index in [-0.39, 0.29) is 4.90 Å². The molecule has 0 saturated carbocycles. The molecule has 0 amide bonds. The third-order valence-electron chi connectivity index (χ3n) is 6.45. The van der Waals surface area contributed by atoms with Crippen molar-refractivity contribution < 1.29 is 23.1 Å². The average Bonchev–Trinajstić information content (AvgIpc) is 3.21. The number of carbonyl (C=O) groups is 1. The number of carboxylic acids is 1. The Labute approximate surface area is 211 Å². The van der Waals surface area contributed by atoms with Gasteiger partial charge in [-0.2, -0.15) is 4.31 Å². The summed E-state index contributed by atoms with van der Waals surface area (Å²) in [6.07, 6.45) is 0.478. The number of nitrogens with zero attached hydrogens (tertiary/aromatic N) is 1. The minimum absolute atomic E-state index is 0.155. The van der Waals surface area contributed by atoms with Crippen LogP contribution in [0.2, 0.25) is 0 Å². The summed E-state index contributed by atoms with van der Waals surface area (Å²) in [5, 5.41) is 9.97. The molecule has 1 heterocycles. The number of ether oxygens (including phenoxy) is 1. The van der Waals surface area contributed by atoms with Crippen molar-refractivity contribution in [3.63, 3.8) is 0 Å². The Morgan fingerprint density at radius 3 is 2.17 bits per heavy atom. The smallest absolute Gasteiger partial charge is 0.309 e. The van der Waals surface area contributed by atoms with Gasteiger partial charge in [-0.3, -0.25) is 4.79 Å². The van der Waals surface area contributed by atoms with Gasteiger partial charge in [-0.25, -0.2) is 8.42 Å². The van der Waals surface area contributed by atoms with Crippen LogP contribution in [0.1, 0.15) is 30.5 Å². The first-order valence-electron chi connectivity index (χ1n) is 11.5. The summed E-state index contributed by atoms with van der Waals surface area (Å²) >= 11 is 1.44. The Balaban J connectivity index is 1.88. The molecule has 0 aromatic heterocycles. The number of hydrogen-bond donors (Lipinski definition) is 1. The van der Waals surface area contributed by atoms with Gasteiger partial charge in [0.15, 0.2) is 0 Å². The predicted octanol–water partition coefficient (Wildman–Crippen LogP) is 5.39. The number of thioether (sulfide) groups is 1. The largest absolute Gasteiger partial charge is 0.497 e. The van der Waals surface area contributed by atoms with E-state index in [2.05, 4.69) is 0 Å². The van der Waals surface area contributed by atoms with Crippen LogP contribution >= 0.6 is 11.8 Å². The minimum Gasteiger partial charge on any atom is -0.497 e. The van der Waals surface area contributed by atoms with Crippen LogP contribution in [0.3, 0.4) is 0 Å². The molecule has 4 rings (SSSR count). The summed E-state index contributed by atoms with van der Waals surface area (Å²) in [7, 11) is -2.43. The summed E-state index contributed by atoms with van der Waals surface area (Å²) in [5.41, 5.74) is 1.73. The molecule has 0 unspecified atom stereocenters. The van der Waals surface area contributed by atoms with Gasteiger partial charge in [0.05, 0.1) is 24.0 Å². The van der Waals surface area contributed by atoms with Gasteiger partial charge in [0.2, 0.25) is 10.0 Å². The molecular formula is C27H29NO5S2. The maximum atomic E-state index is 14.0. The normalized spacial score (nSPS) is 22.7. The quantitative estimate of drug-likeness (QED) is 0.437. The van der Waals surface area contributed by atoms with E-state index in [1.807, 2.05) is 38.1 Å². The Bertz CT molecular complexity index is 1260. The molecule has 0 radical (unpaired) electrons. The SMILES string of the molecule is CC[C@@H]1[C@@H](Sc2ccc(C)cc2)[C@@H](C(=O)O)[C@H](c2ccc(OC)cc2)N1S(=O)(=O)c1ccccc1. The topological polar surface area (TPSA) is 83.9 Å². The molecule has 1 saturated heterocycles. The number of aliphatic carboxylic acids is 1. The van der Waals surface area contributed by atoms with E-state index in [9.17, 15) is 18.3 Å². The van der Waals surface area contributed by atoms with E-state index < -0.39 is 39.2 Å². The van der Waals surface area contributed by atoms with Crippen molar-refractivity contribution in [2.75, 3.05) is 7.11 Å². The van der Waals surface area contributed by atoms with Crippen LogP contribution < -0.4 is 4.74 Å². The monoisotopic (exact) mass is 511 g/mol. The minimum atomic E-state index is -3.99. The summed E-state index contributed by atoms with van der Waals surface area (Å²) < 4.78 is 34.7. The molecule has 1 N–H and O–H groups in total. The highest BCUT2D eigenvalue weighted by Crippen LogP contribution is 2.51. The number of aryl methyl sites for hydroxylation is 1. The Kier molecular flexibility index (Phi) is 7.54. The maximum Gasteiger partial charge on any atom is 0.309 e. The summed E-state index contributed by atoms with van der Waals surface area (Å²) in [4.78, 5) is 13.8. The van der Waals surface area contributed by atoms with E-state index in [0.717, 1.165) is 10.5 Å². The fourth-order valence-electron chi connectivity index (χ4n) is 4.74. The molecule has 3 aromatic rings. The fourth-order valence-corrected chi connectivity index (χ4v) is 8.25. The van der Waals surface area contributed by atoms with Crippen molar-refractivity contribution in [2.24, 2.45) is 5.92 Å². The maximum absolute atomic E-state index is 14.0. The van der Waals surface area contributed by atoms with E-state index in [1.54, 1.807) is 61.7 Å². The molecule has 1 aliphatic heterocycles. The highest BCUT2D eigenvalue weighted by Gasteiger charge is 2.57. The zero-order chi connectivity index (χ0) is 25.2. The molecule has 0 bridgehead atoms. The van der Waals surface area contributed by atoms with Crippen LogP contribution in [0.25, 0.3) is 0 Å². The molecule has 0 spiro atoms. The molecule has 0 aliphatic carbocycles. The second-order valence-corrected chi connectivity index (χ2v) is 11.7. The van der Waals surface area contributed by atoms with E-state index in [1.165, 1.54) is 16.1 Å². The predicted molar refractivity (Wildman–Crippen MR) is 137 cm³/mol. The highest BCUT2D eigenvalue weighted by molar-refractivity contribution is 8.00. The Hall–Kier alpha value is -2.81. The lowest BCUT2D eigenvalue weighted by Crippen LogP contribution is -2.39. The molecule has 1 aliphatic rings. The van der Waals surface area contributed by atoms with Gasteiger partial charge >= 0.3 is 5.97 Å². The number of sulfonamides is 1. The first-order valence-corrected chi connectivity index (χ1v) is 13.8. The molecule has 6 nitrogen and oxygen atoms in total. The van der Waals surface area contributed by atoms with Gasteiger partial charge in [0, 0.05) is 16.2 Å². The molecular weight excluding hydrogens is 482 g/mol. The van der Waals surface area contributed by atoms with Crippen molar-refractivity contribution in [1.82, 2.24) is 4.31 Å². The van der Waals surface area contributed by atoms with Crippen LogP contribution in [0.5, 0.6) is 5.75 Å². The second-order valence-electron chi connectivity index (χ2n) is 8.60. The van der Waals surface area contributed by atoms with E-state index in [0.29, 0.717) is 17.7 Å². The zero-order valence-electron chi connectivity index (χ0n) is 19.9. The molecule has 35 heavy (non-hydrogen) atoms. The van der Waals surface area contributed by atoms with E-state index >= 15 is 0 Å². The van der Waals surface area contributed by atoms with Gasteiger partial charge < -0.3 is 9.84 Å². The van der Waals surface area contributed by atoms with Crippen LogP contribution in [-0.4, -0.2) is 42.2 Å². The summed E-state index contributed by atoms with van der Waals surface area (Å²) in [6.45, 7) is 3.91. The Morgan fingerprint density at radius 1 is 1.00 bits per heavy atom. The molecule has 4 atom stereocenters. The first-order chi connectivity index (χ1) is 16.8. The van der Waals surface area contributed by atoms with Crippen LogP contribution in [0, 0.1) is 12.8 Å². The van der Waals surface area contributed by atoms with Crippen LogP contribution in [-0.2, 0) is 14.8 Å². The average molecular weight is 512 g/mol. The summed E-state index contributed by atoms with van der Waals surface area (Å²) in [6, 6.07) is 21.7. The zero-order valence-corrected chi connectivity index (χ0v) is 21.5. The van der Waals surface area contributed by atoms with Gasteiger partial charge in [-0.1, -0.05) is 55.0 Å². The third-order valence-corrected chi connectivity index (χ3v) is 9.79. The van der Waals surface area contributed by atoms with E-state index in [4.69, 9.17) is 4.74 Å². The number of rotatable bonds is 8. The van der Waals surface area contributed by atoms with Crippen molar-refractivity contribution >= 4 is 27.8 Å². The molecule has 1 fully saturated rings. The van der Waals surface area contributed by atoms with Crippen molar-refractivity contribution in [1.29, 1.82) is 0 Å². The lowest BCUT2D eigenvalue weighted by molar-refractivity contribution is -0.142. The van der Waals surface area contributed by atoms with Crippen molar-refractivity contribution in [2.45, 2.75) is 47.4 Å². The van der Waals surface area contributed by atoms with Crippen LogP contribution in [0.15, 0.2) is 88.7 Å². The van der Waals surface area contributed by atoms with Gasteiger partial charge in [0.1, 0.15) is 5.75 Å². The van der Waals surface area contributed by atoms with Crippen molar-refractivity contribution in [3.8, 4) is 5.75 Å². The lowest BCUT2D eigenvalue weighted by Gasteiger charge is -2.30. The number of hydrogen-bond acceptors (Lipinski definition) is 5. The molecule has 8 heteroatoms. The lowest BCUT2D eigenvalue weighted by atomic mass is 9.93. The van der Waals surface area contributed by atoms with Gasteiger partial charge in [0.25, 0.3) is 0 Å². The molecule has 3 aromatic carbocycles. The van der Waals surface area contributed by atoms with Crippen LogP contribution in [0.4, 0.5) is 0 Å².